The van der Waals surface area contributed by atoms with Crippen LogP contribution in [0, 0.1) is 0 Å². The fourth-order valence-corrected chi connectivity index (χ4v) is 2.01. The molecule has 3 heterocycles. The second-order valence-corrected chi connectivity index (χ2v) is 4.87. The van der Waals surface area contributed by atoms with Crippen molar-refractivity contribution in [3.63, 3.8) is 0 Å². The molecule has 0 atom stereocenters. The number of rotatable bonds is 5. The van der Waals surface area contributed by atoms with Gasteiger partial charge in [0.05, 0.1) is 13.1 Å². The maximum Gasteiger partial charge on any atom is 0.241 e. The monoisotopic (exact) mass is 284 g/mol. The fraction of sp³-hybridized carbons (Fsp3) is 0.286. The molecule has 0 saturated heterocycles. The number of aryl methyl sites for hydroxylation is 1. The van der Waals surface area contributed by atoms with Crippen LogP contribution in [0.4, 0.5) is 0 Å². The summed E-state index contributed by atoms with van der Waals surface area (Å²) in [5, 5.41) is 3.99. The Morgan fingerprint density at radius 1 is 1.19 bits per heavy atom. The van der Waals surface area contributed by atoms with E-state index in [1.165, 1.54) is 0 Å². The van der Waals surface area contributed by atoms with E-state index in [4.69, 9.17) is 4.52 Å². The van der Waals surface area contributed by atoms with Crippen molar-refractivity contribution in [2.24, 2.45) is 7.05 Å². The molecule has 0 aromatic carbocycles. The summed E-state index contributed by atoms with van der Waals surface area (Å²) in [5.41, 5.74) is 0.895. The summed E-state index contributed by atoms with van der Waals surface area (Å²) in [6.45, 7) is 1.29. The summed E-state index contributed by atoms with van der Waals surface area (Å²) in [6, 6.07) is 3.71. The topological polar surface area (TPSA) is 72.9 Å². The summed E-state index contributed by atoms with van der Waals surface area (Å²) in [6.07, 6.45) is 7.13. The lowest BCUT2D eigenvalue weighted by Crippen LogP contribution is -2.19. The van der Waals surface area contributed by atoms with Crippen LogP contribution in [-0.2, 0) is 20.1 Å². The van der Waals surface area contributed by atoms with E-state index in [0.29, 0.717) is 18.3 Å². The predicted octanol–water partition coefficient (Wildman–Crippen LogP) is 1.50. The number of hydrogen-bond acceptors (Lipinski definition) is 6. The molecule has 7 heteroatoms. The largest absolute Gasteiger partial charge is 0.338 e. The third-order valence-electron chi connectivity index (χ3n) is 3.14. The number of hydrogen-bond donors (Lipinski definition) is 0. The van der Waals surface area contributed by atoms with Gasteiger partial charge in [-0.2, -0.15) is 4.98 Å². The molecular formula is C14H16N6O. The zero-order valence-electron chi connectivity index (χ0n) is 12.0. The average Bonchev–Trinajstić information content (AvgIpc) is 3.10. The quantitative estimate of drug-likeness (QED) is 0.707. The summed E-state index contributed by atoms with van der Waals surface area (Å²) in [7, 11) is 3.97. The van der Waals surface area contributed by atoms with Crippen molar-refractivity contribution >= 4 is 0 Å². The zero-order chi connectivity index (χ0) is 14.7. The first-order valence-corrected chi connectivity index (χ1v) is 6.60. The highest BCUT2D eigenvalue weighted by Gasteiger charge is 2.12. The Morgan fingerprint density at radius 2 is 2.00 bits per heavy atom. The molecule has 0 amide bonds. The van der Waals surface area contributed by atoms with Gasteiger partial charge < -0.3 is 9.09 Å². The molecular weight excluding hydrogens is 268 g/mol. The van der Waals surface area contributed by atoms with Gasteiger partial charge in [-0.1, -0.05) is 5.16 Å². The van der Waals surface area contributed by atoms with Crippen LogP contribution in [0.25, 0.3) is 11.4 Å². The number of aromatic nitrogens is 5. The van der Waals surface area contributed by atoms with Gasteiger partial charge in [0.1, 0.15) is 5.82 Å². The maximum absolute atomic E-state index is 5.29. The second-order valence-electron chi connectivity index (χ2n) is 4.87. The highest BCUT2D eigenvalue weighted by molar-refractivity contribution is 5.52. The second kappa shape index (κ2) is 5.84. The summed E-state index contributed by atoms with van der Waals surface area (Å²) >= 11 is 0. The van der Waals surface area contributed by atoms with Crippen molar-refractivity contribution < 1.29 is 4.52 Å². The minimum Gasteiger partial charge on any atom is -0.338 e. The number of pyridine rings is 1. The first-order valence-electron chi connectivity index (χ1n) is 6.60. The van der Waals surface area contributed by atoms with Gasteiger partial charge in [0, 0.05) is 37.4 Å². The van der Waals surface area contributed by atoms with Gasteiger partial charge >= 0.3 is 0 Å². The normalized spacial score (nSPS) is 11.2. The SMILES string of the molecule is CN(Cc1nc(-c2ccncc2)no1)Cc1nccn1C. The lowest BCUT2D eigenvalue weighted by molar-refractivity contribution is 0.254. The van der Waals surface area contributed by atoms with Gasteiger partial charge in [0.25, 0.3) is 0 Å². The van der Waals surface area contributed by atoms with E-state index < -0.39 is 0 Å². The summed E-state index contributed by atoms with van der Waals surface area (Å²) < 4.78 is 7.28. The van der Waals surface area contributed by atoms with Crippen LogP contribution in [0.5, 0.6) is 0 Å². The molecule has 0 fully saturated rings. The Labute approximate surface area is 122 Å². The lowest BCUT2D eigenvalue weighted by Gasteiger charge is -2.13. The minimum atomic E-state index is 0.574. The van der Waals surface area contributed by atoms with Crippen LogP contribution in [0.3, 0.4) is 0 Å². The molecule has 7 nitrogen and oxygen atoms in total. The Balaban J connectivity index is 1.66. The third kappa shape index (κ3) is 3.14. The van der Waals surface area contributed by atoms with E-state index in [0.717, 1.165) is 17.9 Å². The van der Waals surface area contributed by atoms with Crippen LogP contribution in [0.2, 0.25) is 0 Å². The van der Waals surface area contributed by atoms with Crippen molar-refractivity contribution in [2.75, 3.05) is 7.05 Å². The molecule has 0 aliphatic heterocycles. The average molecular weight is 284 g/mol. The van der Waals surface area contributed by atoms with Gasteiger partial charge in [0.2, 0.25) is 11.7 Å². The Kier molecular flexibility index (Phi) is 3.74. The van der Waals surface area contributed by atoms with Crippen LogP contribution in [0.1, 0.15) is 11.7 Å². The Bertz CT molecular complexity index is 705. The molecule has 0 radical (unpaired) electrons. The molecule has 3 rings (SSSR count). The fourth-order valence-electron chi connectivity index (χ4n) is 2.01. The van der Waals surface area contributed by atoms with Crippen LogP contribution >= 0.6 is 0 Å². The van der Waals surface area contributed by atoms with Crippen molar-refractivity contribution in [1.82, 2.24) is 29.6 Å². The summed E-state index contributed by atoms with van der Waals surface area (Å²) in [4.78, 5) is 14.7. The van der Waals surface area contributed by atoms with Crippen LogP contribution in [-0.4, -0.2) is 36.6 Å². The molecule has 0 N–H and O–H groups in total. The maximum atomic E-state index is 5.29. The van der Waals surface area contributed by atoms with Gasteiger partial charge in [0.15, 0.2) is 0 Å². The molecule has 108 valence electrons. The molecule has 3 aromatic heterocycles. The Morgan fingerprint density at radius 3 is 2.71 bits per heavy atom. The van der Waals surface area contributed by atoms with Gasteiger partial charge in [-0.25, -0.2) is 4.98 Å². The smallest absolute Gasteiger partial charge is 0.241 e. The van der Waals surface area contributed by atoms with Crippen molar-refractivity contribution in [1.29, 1.82) is 0 Å². The molecule has 3 aromatic rings. The van der Waals surface area contributed by atoms with E-state index in [9.17, 15) is 0 Å². The van der Waals surface area contributed by atoms with Crippen LogP contribution < -0.4 is 0 Å². The first-order chi connectivity index (χ1) is 10.2. The molecule has 0 aliphatic carbocycles. The third-order valence-corrected chi connectivity index (χ3v) is 3.14. The van der Waals surface area contributed by atoms with Gasteiger partial charge in [-0.05, 0) is 19.2 Å². The minimum absolute atomic E-state index is 0.574. The molecule has 0 unspecified atom stereocenters. The molecule has 0 spiro atoms. The van der Waals surface area contributed by atoms with E-state index in [1.807, 2.05) is 37.0 Å². The molecule has 0 saturated carbocycles. The van der Waals surface area contributed by atoms with E-state index in [1.54, 1.807) is 18.6 Å². The standard InChI is InChI=1S/C14H16N6O/c1-19(9-12-16-7-8-20(12)2)10-13-17-14(18-21-13)11-3-5-15-6-4-11/h3-8H,9-10H2,1-2H3. The predicted molar refractivity (Wildman–Crippen MR) is 75.9 cm³/mol. The highest BCUT2D eigenvalue weighted by atomic mass is 16.5. The van der Waals surface area contributed by atoms with Crippen LogP contribution in [0.15, 0.2) is 41.4 Å². The highest BCUT2D eigenvalue weighted by Crippen LogP contribution is 2.15. The van der Waals surface area contributed by atoms with E-state index in [2.05, 4.69) is 25.0 Å². The molecule has 0 bridgehead atoms. The lowest BCUT2D eigenvalue weighted by atomic mass is 10.2. The van der Waals surface area contributed by atoms with Crippen molar-refractivity contribution in [2.45, 2.75) is 13.1 Å². The number of imidazole rings is 1. The van der Waals surface area contributed by atoms with Crippen molar-refractivity contribution in [3.05, 3.63) is 48.6 Å². The zero-order valence-corrected chi connectivity index (χ0v) is 12.0. The van der Waals surface area contributed by atoms with Gasteiger partial charge in [-0.15, -0.1) is 0 Å². The Hall–Kier alpha value is -2.54. The molecule has 0 aliphatic rings. The first kappa shape index (κ1) is 13.4. The van der Waals surface area contributed by atoms with E-state index >= 15 is 0 Å². The summed E-state index contributed by atoms with van der Waals surface area (Å²) in [5.74, 6) is 2.16. The molecule has 21 heavy (non-hydrogen) atoms. The van der Waals surface area contributed by atoms with Gasteiger partial charge in [-0.3, -0.25) is 9.88 Å². The van der Waals surface area contributed by atoms with E-state index in [-0.39, 0.29) is 0 Å². The van der Waals surface area contributed by atoms with Crippen molar-refractivity contribution in [3.8, 4) is 11.4 Å². The number of nitrogens with zero attached hydrogens (tertiary/aromatic N) is 6.